The SMILES string of the molecule is CCCC(=O)C(Cc1ccc(-c2oc(Br)cc2C#N)cc1)C(=O)O. The van der Waals surface area contributed by atoms with Crippen molar-refractivity contribution in [1.82, 2.24) is 0 Å². The molecule has 0 aliphatic carbocycles. The van der Waals surface area contributed by atoms with Crippen LogP contribution >= 0.6 is 15.9 Å². The van der Waals surface area contributed by atoms with Gasteiger partial charge in [-0.3, -0.25) is 9.59 Å². The summed E-state index contributed by atoms with van der Waals surface area (Å²) in [6.45, 7) is 1.85. The molecule has 0 saturated heterocycles. The van der Waals surface area contributed by atoms with E-state index in [1.807, 2.05) is 6.92 Å². The lowest BCUT2D eigenvalue weighted by Crippen LogP contribution is -2.25. The zero-order valence-electron chi connectivity index (χ0n) is 13.1. The number of Topliss-reactive ketones (excluding diaryl/α,β-unsaturated/α-hetero) is 1. The van der Waals surface area contributed by atoms with Crippen LogP contribution in [0.4, 0.5) is 0 Å². The van der Waals surface area contributed by atoms with Gasteiger partial charge in [-0.05, 0) is 34.3 Å². The Kier molecular flexibility index (Phi) is 5.93. The fourth-order valence-electron chi connectivity index (χ4n) is 2.45. The van der Waals surface area contributed by atoms with Crippen LogP contribution in [0.25, 0.3) is 11.3 Å². The van der Waals surface area contributed by atoms with Crippen molar-refractivity contribution in [3.63, 3.8) is 0 Å². The third-order valence-electron chi connectivity index (χ3n) is 3.66. The van der Waals surface area contributed by atoms with Crippen molar-refractivity contribution in [1.29, 1.82) is 5.26 Å². The second-order valence-electron chi connectivity index (χ2n) is 5.41. The maximum atomic E-state index is 11.9. The van der Waals surface area contributed by atoms with E-state index in [2.05, 4.69) is 22.0 Å². The summed E-state index contributed by atoms with van der Waals surface area (Å²) in [5.74, 6) is -1.92. The number of nitrogens with zero attached hydrogens (tertiary/aromatic N) is 1. The number of ketones is 1. The molecule has 2 rings (SSSR count). The van der Waals surface area contributed by atoms with Crippen molar-refractivity contribution in [3.05, 3.63) is 46.1 Å². The van der Waals surface area contributed by atoms with Crippen LogP contribution < -0.4 is 0 Å². The monoisotopic (exact) mass is 389 g/mol. The van der Waals surface area contributed by atoms with Crippen LogP contribution in [-0.2, 0) is 16.0 Å². The average Bonchev–Trinajstić information content (AvgIpc) is 2.94. The number of benzene rings is 1. The number of halogens is 1. The van der Waals surface area contributed by atoms with E-state index in [-0.39, 0.29) is 18.6 Å². The molecule has 1 aromatic carbocycles. The van der Waals surface area contributed by atoms with E-state index >= 15 is 0 Å². The van der Waals surface area contributed by atoms with Gasteiger partial charge in [0.1, 0.15) is 17.8 Å². The van der Waals surface area contributed by atoms with Crippen LogP contribution in [0.2, 0.25) is 0 Å². The lowest BCUT2D eigenvalue weighted by Gasteiger charge is -2.11. The topological polar surface area (TPSA) is 91.3 Å². The van der Waals surface area contributed by atoms with Crippen LogP contribution in [0.15, 0.2) is 39.4 Å². The molecule has 6 heteroatoms. The van der Waals surface area contributed by atoms with E-state index in [4.69, 9.17) is 9.68 Å². The van der Waals surface area contributed by atoms with Crippen LogP contribution in [0.5, 0.6) is 0 Å². The fourth-order valence-corrected chi connectivity index (χ4v) is 2.84. The number of furan rings is 1. The zero-order valence-corrected chi connectivity index (χ0v) is 14.7. The van der Waals surface area contributed by atoms with Crippen molar-refractivity contribution in [2.75, 3.05) is 0 Å². The smallest absolute Gasteiger partial charge is 0.314 e. The molecular weight excluding hydrogens is 374 g/mol. The molecule has 0 amide bonds. The minimum atomic E-state index is -1.10. The second kappa shape index (κ2) is 7.93. The number of hydrogen-bond acceptors (Lipinski definition) is 4. The number of aliphatic carboxylic acids is 1. The van der Waals surface area contributed by atoms with Crippen molar-refractivity contribution >= 4 is 27.7 Å². The molecule has 0 spiro atoms. The van der Waals surface area contributed by atoms with Gasteiger partial charge in [-0.1, -0.05) is 31.2 Å². The highest BCUT2D eigenvalue weighted by Crippen LogP contribution is 2.30. The molecule has 0 aliphatic heterocycles. The summed E-state index contributed by atoms with van der Waals surface area (Å²) in [4.78, 5) is 23.2. The summed E-state index contributed by atoms with van der Waals surface area (Å²) in [7, 11) is 0. The van der Waals surface area contributed by atoms with Crippen molar-refractivity contribution in [2.24, 2.45) is 5.92 Å². The number of carboxylic acid groups (broad SMARTS) is 1. The average molecular weight is 390 g/mol. The number of carbonyl (C=O) groups is 2. The minimum absolute atomic E-state index is 0.154. The second-order valence-corrected chi connectivity index (χ2v) is 6.19. The highest BCUT2D eigenvalue weighted by molar-refractivity contribution is 9.10. The highest BCUT2D eigenvalue weighted by Gasteiger charge is 2.25. The van der Waals surface area contributed by atoms with Gasteiger partial charge in [-0.2, -0.15) is 5.26 Å². The molecule has 5 nitrogen and oxygen atoms in total. The third kappa shape index (κ3) is 4.12. The summed E-state index contributed by atoms with van der Waals surface area (Å²) in [6, 6.07) is 10.7. The molecule has 1 atom stereocenters. The van der Waals surface area contributed by atoms with Crippen molar-refractivity contribution < 1.29 is 19.1 Å². The first-order chi connectivity index (χ1) is 11.5. The summed E-state index contributed by atoms with van der Waals surface area (Å²) < 4.78 is 5.93. The molecular formula is C18H16BrNO4. The Labute approximate surface area is 148 Å². The number of nitriles is 1. The van der Waals surface area contributed by atoms with Crippen LogP contribution in [0, 0.1) is 17.2 Å². The van der Waals surface area contributed by atoms with E-state index in [1.54, 1.807) is 30.3 Å². The number of carbonyl (C=O) groups excluding carboxylic acids is 1. The lowest BCUT2D eigenvalue weighted by molar-refractivity contribution is -0.146. The van der Waals surface area contributed by atoms with Gasteiger partial charge in [0.05, 0.1) is 5.56 Å². The number of carboxylic acids is 1. The van der Waals surface area contributed by atoms with E-state index in [1.165, 1.54) is 0 Å². The summed E-state index contributed by atoms with van der Waals surface area (Å²) >= 11 is 3.19. The Morgan fingerprint density at radius 3 is 2.54 bits per heavy atom. The Morgan fingerprint density at radius 1 is 1.33 bits per heavy atom. The summed E-state index contributed by atoms with van der Waals surface area (Å²) in [5, 5.41) is 18.4. The zero-order chi connectivity index (χ0) is 17.7. The van der Waals surface area contributed by atoms with Gasteiger partial charge >= 0.3 is 5.97 Å². The first-order valence-electron chi connectivity index (χ1n) is 7.50. The summed E-state index contributed by atoms with van der Waals surface area (Å²) in [6.07, 6.45) is 1.05. The predicted molar refractivity (Wildman–Crippen MR) is 91.3 cm³/mol. The molecule has 0 bridgehead atoms. The highest BCUT2D eigenvalue weighted by atomic mass is 79.9. The molecule has 1 heterocycles. The van der Waals surface area contributed by atoms with Crippen molar-refractivity contribution in [3.8, 4) is 17.4 Å². The van der Waals surface area contributed by atoms with E-state index in [0.717, 1.165) is 5.56 Å². The maximum absolute atomic E-state index is 11.9. The first kappa shape index (κ1) is 18.0. The number of hydrogen-bond donors (Lipinski definition) is 1. The van der Waals surface area contributed by atoms with Gasteiger partial charge in [0.25, 0.3) is 0 Å². The number of rotatable bonds is 7. The van der Waals surface area contributed by atoms with Gasteiger partial charge in [0.2, 0.25) is 0 Å². The Hall–Kier alpha value is -2.39. The van der Waals surface area contributed by atoms with E-state index in [0.29, 0.717) is 28.0 Å². The maximum Gasteiger partial charge on any atom is 0.314 e. The molecule has 0 aliphatic rings. The Morgan fingerprint density at radius 2 is 2.00 bits per heavy atom. The van der Waals surface area contributed by atoms with Crippen LogP contribution in [0.3, 0.4) is 0 Å². The molecule has 0 fully saturated rings. The lowest BCUT2D eigenvalue weighted by atomic mass is 9.92. The largest absolute Gasteiger partial charge is 0.481 e. The van der Waals surface area contributed by atoms with Gasteiger partial charge in [-0.25, -0.2) is 0 Å². The predicted octanol–water partition coefficient (Wildman–Crippen LogP) is 4.19. The van der Waals surface area contributed by atoms with Crippen molar-refractivity contribution in [2.45, 2.75) is 26.2 Å². The molecule has 24 heavy (non-hydrogen) atoms. The minimum Gasteiger partial charge on any atom is -0.481 e. The standard InChI is InChI=1S/C18H16BrNO4/c1-2-3-15(21)14(18(22)23)8-11-4-6-12(7-5-11)17-13(10-20)9-16(19)24-17/h4-7,9,14H,2-3,8H2,1H3,(H,22,23). The molecule has 124 valence electrons. The van der Waals surface area contributed by atoms with Gasteiger partial charge < -0.3 is 9.52 Å². The Balaban J connectivity index is 2.21. The summed E-state index contributed by atoms with van der Waals surface area (Å²) in [5.41, 5.74) is 1.88. The quantitative estimate of drug-likeness (QED) is 0.716. The molecule has 1 aromatic heterocycles. The van der Waals surface area contributed by atoms with Gasteiger partial charge in [0.15, 0.2) is 10.4 Å². The molecule has 0 radical (unpaired) electrons. The van der Waals surface area contributed by atoms with Crippen LogP contribution in [0.1, 0.15) is 30.9 Å². The third-order valence-corrected chi connectivity index (χ3v) is 4.05. The van der Waals surface area contributed by atoms with E-state index < -0.39 is 11.9 Å². The molecule has 2 aromatic rings. The Bertz CT molecular complexity index is 786. The molecule has 1 unspecified atom stereocenters. The van der Waals surface area contributed by atoms with Gasteiger partial charge in [0, 0.05) is 18.1 Å². The van der Waals surface area contributed by atoms with E-state index in [9.17, 15) is 14.7 Å². The normalized spacial score (nSPS) is 11.7. The fraction of sp³-hybridized carbons (Fsp3) is 0.278. The molecule has 1 N–H and O–H groups in total. The first-order valence-corrected chi connectivity index (χ1v) is 8.29. The molecule has 0 saturated carbocycles. The van der Waals surface area contributed by atoms with Crippen LogP contribution in [-0.4, -0.2) is 16.9 Å². The van der Waals surface area contributed by atoms with Gasteiger partial charge in [-0.15, -0.1) is 0 Å².